The fourth-order valence-electron chi connectivity index (χ4n) is 6.81. The smallest absolute Gasteiger partial charge is 0.236 e. The second-order valence-corrected chi connectivity index (χ2v) is 12.1. The van der Waals surface area contributed by atoms with Crippen molar-refractivity contribution in [2.75, 3.05) is 23.9 Å². The third-order valence-corrected chi connectivity index (χ3v) is 9.91. The van der Waals surface area contributed by atoms with Gasteiger partial charge in [-0.2, -0.15) is 4.31 Å². The van der Waals surface area contributed by atoms with Crippen molar-refractivity contribution in [1.82, 2.24) is 9.62 Å². The van der Waals surface area contributed by atoms with E-state index in [2.05, 4.69) is 5.32 Å². The summed E-state index contributed by atoms with van der Waals surface area (Å²) >= 11 is 0. The summed E-state index contributed by atoms with van der Waals surface area (Å²) in [4.78, 5) is 25.1. The van der Waals surface area contributed by atoms with Crippen LogP contribution in [0.4, 0.5) is 10.1 Å². The van der Waals surface area contributed by atoms with Crippen LogP contribution in [-0.2, 0) is 9.59 Å². The number of hydrogen-bond acceptors (Lipinski definition) is 7. The minimum Gasteiger partial charge on any atom is -0.390 e. The van der Waals surface area contributed by atoms with Gasteiger partial charge in [0.1, 0.15) is 5.82 Å². The largest absolute Gasteiger partial charge is 0.390 e. The number of rotatable bonds is 5. The number of β-amino-alcohol motifs (C(OH)–C–C–N with tert-alkyl or cyclic N) is 1. The number of nitrogens with two attached hydrogens (primary N) is 1. The molecular weight excluding hydrogens is 451 g/mol. The van der Waals surface area contributed by atoms with Gasteiger partial charge in [-0.3, -0.25) is 23.0 Å². The number of primary amides is 1. The highest BCUT2D eigenvalue weighted by Gasteiger charge is 2.58. The minimum absolute atomic E-state index is 0.0422. The first-order valence-corrected chi connectivity index (χ1v) is 12.9. The average Bonchev–Trinajstić information content (AvgIpc) is 2.73. The van der Waals surface area contributed by atoms with E-state index in [1.165, 1.54) is 18.2 Å². The topological polar surface area (TPSA) is 139 Å². The van der Waals surface area contributed by atoms with Gasteiger partial charge in [-0.1, -0.05) is 12.1 Å². The number of carbonyl (C=O) groups excluding carboxylic acids is 2. The van der Waals surface area contributed by atoms with E-state index >= 15 is 0 Å². The lowest BCUT2D eigenvalue weighted by molar-refractivity contribution is -0.147. The van der Waals surface area contributed by atoms with Gasteiger partial charge in [0, 0.05) is 18.0 Å². The van der Waals surface area contributed by atoms with Gasteiger partial charge in [0.25, 0.3) is 0 Å². The molecule has 2 amide bonds. The predicted octanol–water partition coefficient (Wildman–Crippen LogP) is 1.69. The summed E-state index contributed by atoms with van der Waals surface area (Å²) in [6, 6.07) is 5.58. The fraction of sp³-hybridized carbons (Fsp3) is 0.636. The van der Waals surface area contributed by atoms with Crippen LogP contribution >= 0.6 is 11.0 Å². The van der Waals surface area contributed by atoms with Gasteiger partial charge in [-0.25, -0.2) is 4.39 Å². The van der Waals surface area contributed by atoms with Crippen molar-refractivity contribution in [1.29, 1.82) is 0 Å². The van der Waals surface area contributed by atoms with Crippen molar-refractivity contribution in [3.05, 3.63) is 30.1 Å². The van der Waals surface area contributed by atoms with Gasteiger partial charge in [0.05, 0.1) is 24.9 Å². The molecular formula is C22H31FN4O5S. The third kappa shape index (κ3) is 3.89. The Bertz CT molecular complexity index is 948. The van der Waals surface area contributed by atoms with Crippen LogP contribution in [0.25, 0.3) is 0 Å². The van der Waals surface area contributed by atoms with E-state index in [1.54, 1.807) is 6.07 Å². The molecule has 3 atom stereocenters. The highest BCUT2D eigenvalue weighted by molar-refractivity contribution is 8.23. The van der Waals surface area contributed by atoms with E-state index in [9.17, 15) is 28.2 Å². The molecule has 6 rings (SSSR count). The lowest BCUT2D eigenvalue weighted by Gasteiger charge is -2.59. The van der Waals surface area contributed by atoms with Crippen molar-refractivity contribution >= 4 is 28.5 Å². The Labute approximate surface area is 193 Å². The van der Waals surface area contributed by atoms with Crippen LogP contribution in [0, 0.1) is 29.0 Å². The zero-order valence-corrected chi connectivity index (χ0v) is 19.1. The van der Waals surface area contributed by atoms with Crippen molar-refractivity contribution in [3.8, 4) is 0 Å². The second-order valence-electron chi connectivity index (χ2n) is 10.2. The normalized spacial score (nSPS) is 38.2. The number of nitrogens with zero attached hydrogens (tertiary/aromatic N) is 2. The van der Waals surface area contributed by atoms with Crippen LogP contribution in [0.2, 0.25) is 0 Å². The molecule has 4 aliphatic carbocycles. The molecule has 6 N–H and O–H groups in total. The molecule has 0 radical (unpaired) electrons. The molecule has 1 heterocycles. The third-order valence-electron chi connectivity index (χ3n) is 8.00. The SMILES string of the molecule is NC(=O)C12CC3CC(C1)C(NC(=O)CN1CC(O)CN(c4ccccc4F)S1(O)O)C(C3)C2. The highest BCUT2D eigenvalue weighted by atomic mass is 32.3. The zero-order valence-electron chi connectivity index (χ0n) is 18.3. The Morgan fingerprint density at radius 2 is 1.82 bits per heavy atom. The Morgan fingerprint density at radius 3 is 2.45 bits per heavy atom. The maximum Gasteiger partial charge on any atom is 0.236 e. The first-order chi connectivity index (χ1) is 15.6. The number of hydrogen-bond donors (Lipinski definition) is 5. The maximum absolute atomic E-state index is 14.3. The van der Waals surface area contributed by atoms with Crippen LogP contribution in [0.3, 0.4) is 0 Å². The molecule has 33 heavy (non-hydrogen) atoms. The molecule has 11 heteroatoms. The molecule has 1 aromatic rings. The molecule has 182 valence electrons. The van der Waals surface area contributed by atoms with Gasteiger partial charge >= 0.3 is 0 Å². The van der Waals surface area contributed by atoms with E-state index in [-0.39, 0.29) is 55.0 Å². The van der Waals surface area contributed by atoms with E-state index in [1.807, 2.05) is 0 Å². The van der Waals surface area contributed by atoms with Crippen LogP contribution in [-0.4, -0.2) is 62.1 Å². The standard InChI is InChI=1S/C22H31FN4O5S/c23-17-3-1-2-4-18(17)27-11-16(28)10-26(33(27,31)32)12-19(29)25-20-14-5-13-6-15(20)9-22(7-13,8-14)21(24)30/h1-4,13-16,20,28,31-32H,5-12H2,(H2,24,30)(H,25,29). The predicted molar refractivity (Wildman–Crippen MR) is 121 cm³/mol. The number of aliphatic hydroxyl groups excluding tert-OH is 1. The van der Waals surface area contributed by atoms with E-state index in [4.69, 9.17) is 5.73 Å². The first kappa shape index (κ1) is 22.9. The van der Waals surface area contributed by atoms with Crippen LogP contribution < -0.4 is 15.4 Å². The van der Waals surface area contributed by atoms with Gasteiger partial charge in [0.2, 0.25) is 11.8 Å². The minimum atomic E-state index is -3.71. The van der Waals surface area contributed by atoms with Gasteiger partial charge < -0.3 is 16.2 Å². The van der Waals surface area contributed by atoms with Crippen molar-refractivity contribution in [3.63, 3.8) is 0 Å². The monoisotopic (exact) mass is 482 g/mol. The van der Waals surface area contributed by atoms with Crippen molar-refractivity contribution in [2.24, 2.45) is 28.9 Å². The number of amides is 2. The molecule has 5 aliphatic rings. The average molecular weight is 483 g/mol. The molecule has 0 spiro atoms. The Balaban J connectivity index is 1.29. The molecule has 1 aromatic carbocycles. The fourth-order valence-corrected chi connectivity index (χ4v) is 8.54. The van der Waals surface area contributed by atoms with Gasteiger partial charge in [0.15, 0.2) is 0 Å². The summed E-state index contributed by atoms with van der Waals surface area (Å²) < 4.78 is 38.3. The molecule has 1 saturated heterocycles. The summed E-state index contributed by atoms with van der Waals surface area (Å²) in [6.45, 7) is -0.624. The number of carbonyl (C=O) groups is 2. The van der Waals surface area contributed by atoms with E-state index in [0.29, 0.717) is 18.8 Å². The lowest BCUT2D eigenvalue weighted by Crippen LogP contribution is -2.63. The Kier molecular flexibility index (Phi) is 5.60. The highest BCUT2D eigenvalue weighted by Crippen LogP contribution is 2.60. The lowest BCUT2D eigenvalue weighted by atomic mass is 9.47. The van der Waals surface area contributed by atoms with E-state index in [0.717, 1.165) is 27.9 Å². The Hall–Kier alpha value is -1.92. The molecule has 5 fully saturated rings. The molecule has 1 aliphatic heterocycles. The summed E-state index contributed by atoms with van der Waals surface area (Å²) in [5.41, 5.74) is 5.24. The number of anilines is 1. The zero-order chi connectivity index (χ0) is 23.5. The van der Waals surface area contributed by atoms with Gasteiger partial charge in [-0.05, 0) is 73.0 Å². The summed E-state index contributed by atoms with van der Waals surface area (Å²) in [5.74, 6) is -0.459. The van der Waals surface area contributed by atoms with Crippen molar-refractivity contribution in [2.45, 2.75) is 44.2 Å². The first-order valence-electron chi connectivity index (χ1n) is 11.4. The van der Waals surface area contributed by atoms with Gasteiger partial charge in [-0.15, -0.1) is 0 Å². The summed E-state index contributed by atoms with van der Waals surface area (Å²) in [5, 5.41) is 13.4. The quantitative estimate of drug-likeness (QED) is 0.430. The number of halogens is 1. The molecule has 4 bridgehead atoms. The maximum atomic E-state index is 14.3. The van der Waals surface area contributed by atoms with E-state index < -0.39 is 28.3 Å². The Morgan fingerprint density at radius 1 is 1.15 bits per heavy atom. The van der Waals surface area contributed by atoms with Crippen LogP contribution in [0.1, 0.15) is 32.1 Å². The number of para-hydroxylation sites is 1. The van der Waals surface area contributed by atoms with Crippen molar-refractivity contribution < 1.29 is 28.2 Å². The number of nitrogens with one attached hydrogen (secondary N) is 1. The van der Waals surface area contributed by atoms with Crippen LogP contribution in [0.5, 0.6) is 0 Å². The molecule has 4 saturated carbocycles. The second kappa shape index (κ2) is 8.09. The molecule has 3 unspecified atom stereocenters. The number of benzene rings is 1. The molecule has 9 nitrogen and oxygen atoms in total. The number of aliphatic hydroxyl groups is 1. The van der Waals surface area contributed by atoms with Crippen LogP contribution in [0.15, 0.2) is 24.3 Å². The summed E-state index contributed by atoms with van der Waals surface area (Å²) in [6.07, 6.45) is 3.12. The summed E-state index contributed by atoms with van der Waals surface area (Å²) in [7, 11) is -3.71. The molecule has 0 aromatic heterocycles.